The summed E-state index contributed by atoms with van der Waals surface area (Å²) in [4.78, 5) is 23.3. The highest BCUT2D eigenvalue weighted by Gasteiger charge is 2.09. The van der Waals surface area contributed by atoms with E-state index in [1.165, 1.54) is 0 Å². The average molecular weight is 355 g/mol. The quantitative estimate of drug-likeness (QED) is 0.362. The van der Waals surface area contributed by atoms with E-state index in [0.29, 0.717) is 19.4 Å². The Labute approximate surface area is 135 Å². The second-order valence-corrected chi connectivity index (χ2v) is 6.02. The summed E-state index contributed by atoms with van der Waals surface area (Å²) in [5.74, 6) is 0.0736. The molecular weight excluding hydrogens is 332 g/mol. The van der Waals surface area contributed by atoms with Gasteiger partial charge in [0.1, 0.15) is 0 Å². The number of halogens is 1. The van der Waals surface area contributed by atoms with Crippen molar-refractivity contribution in [2.75, 3.05) is 6.61 Å². The Hall–Kier alpha value is -1.16. The number of hydrogen-bond donors (Lipinski definition) is 0. The standard InChI is InChI=1S/C17H23BrO3/c1-3-21-17(20)9-7-5-4-6-8-16(19)15-11-10-14(18)12-13(15)2/h10-12H,3-9H2,1-2H3. The number of aryl methyl sites for hydroxylation is 1. The Morgan fingerprint density at radius 1 is 1.10 bits per heavy atom. The van der Waals surface area contributed by atoms with Gasteiger partial charge >= 0.3 is 5.97 Å². The number of esters is 1. The maximum Gasteiger partial charge on any atom is 0.305 e. The predicted octanol–water partition coefficient (Wildman–Crippen LogP) is 4.84. The van der Waals surface area contributed by atoms with Crippen LogP contribution in [0.15, 0.2) is 22.7 Å². The molecule has 0 bridgehead atoms. The summed E-state index contributed by atoms with van der Waals surface area (Å²) < 4.78 is 5.87. The summed E-state index contributed by atoms with van der Waals surface area (Å²) in [6.45, 7) is 4.21. The third-order valence-electron chi connectivity index (χ3n) is 3.33. The van der Waals surface area contributed by atoms with E-state index in [9.17, 15) is 9.59 Å². The van der Waals surface area contributed by atoms with E-state index < -0.39 is 0 Å². The van der Waals surface area contributed by atoms with Gasteiger partial charge in [0.15, 0.2) is 5.78 Å². The number of rotatable bonds is 9. The largest absolute Gasteiger partial charge is 0.466 e. The number of hydrogen-bond acceptors (Lipinski definition) is 3. The van der Waals surface area contributed by atoms with Gasteiger partial charge in [-0.25, -0.2) is 0 Å². The Morgan fingerprint density at radius 3 is 2.38 bits per heavy atom. The first-order valence-electron chi connectivity index (χ1n) is 7.49. The van der Waals surface area contributed by atoms with Crippen LogP contribution in [0, 0.1) is 6.92 Å². The molecular formula is C17H23BrO3. The molecule has 0 unspecified atom stereocenters. The smallest absolute Gasteiger partial charge is 0.305 e. The Bertz CT molecular complexity index is 483. The fraction of sp³-hybridized carbons (Fsp3) is 0.529. The Kier molecular flexibility index (Phi) is 8.28. The zero-order chi connectivity index (χ0) is 15.7. The van der Waals surface area contributed by atoms with Crippen LogP contribution in [0.3, 0.4) is 0 Å². The van der Waals surface area contributed by atoms with Crippen molar-refractivity contribution in [3.63, 3.8) is 0 Å². The second-order valence-electron chi connectivity index (χ2n) is 5.10. The number of Topliss-reactive ketones (excluding diaryl/α,β-unsaturated/α-hetero) is 1. The molecule has 0 aliphatic rings. The monoisotopic (exact) mass is 354 g/mol. The molecule has 0 amide bonds. The first-order chi connectivity index (χ1) is 10.0. The molecule has 0 saturated carbocycles. The number of ether oxygens (including phenoxy) is 1. The molecule has 0 aliphatic heterocycles. The van der Waals surface area contributed by atoms with Crippen molar-refractivity contribution in [3.05, 3.63) is 33.8 Å². The Balaban J connectivity index is 2.21. The van der Waals surface area contributed by atoms with Crippen molar-refractivity contribution in [3.8, 4) is 0 Å². The van der Waals surface area contributed by atoms with Crippen LogP contribution in [-0.4, -0.2) is 18.4 Å². The van der Waals surface area contributed by atoms with E-state index in [-0.39, 0.29) is 11.8 Å². The van der Waals surface area contributed by atoms with E-state index in [2.05, 4.69) is 15.9 Å². The highest BCUT2D eigenvalue weighted by Crippen LogP contribution is 2.18. The van der Waals surface area contributed by atoms with Crippen molar-refractivity contribution in [2.45, 2.75) is 52.4 Å². The van der Waals surface area contributed by atoms with Gasteiger partial charge in [-0.05, 0) is 44.4 Å². The van der Waals surface area contributed by atoms with E-state index in [0.717, 1.165) is 41.3 Å². The van der Waals surface area contributed by atoms with E-state index in [1.54, 1.807) is 0 Å². The van der Waals surface area contributed by atoms with Crippen LogP contribution in [-0.2, 0) is 9.53 Å². The van der Waals surface area contributed by atoms with E-state index in [4.69, 9.17) is 4.74 Å². The SMILES string of the molecule is CCOC(=O)CCCCCCC(=O)c1ccc(Br)cc1C. The summed E-state index contributed by atoms with van der Waals surface area (Å²) in [6, 6.07) is 5.74. The molecule has 0 saturated heterocycles. The van der Waals surface area contributed by atoms with Gasteiger partial charge in [-0.1, -0.05) is 34.8 Å². The summed E-state index contributed by atoms with van der Waals surface area (Å²) in [6.07, 6.45) is 4.70. The van der Waals surface area contributed by atoms with Crippen molar-refractivity contribution >= 4 is 27.7 Å². The maximum absolute atomic E-state index is 12.1. The lowest BCUT2D eigenvalue weighted by Crippen LogP contribution is -2.03. The fourth-order valence-corrected chi connectivity index (χ4v) is 2.69. The summed E-state index contributed by atoms with van der Waals surface area (Å²) in [7, 11) is 0. The minimum Gasteiger partial charge on any atom is -0.466 e. The third-order valence-corrected chi connectivity index (χ3v) is 3.82. The van der Waals surface area contributed by atoms with Crippen molar-refractivity contribution in [1.29, 1.82) is 0 Å². The predicted molar refractivity (Wildman–Crippen MR) is 87.5 cm³/mol. The van der Waals surface area contributed by atoms with Crippen molar-refractivity contribution in [2.24, 2.45) is 0 Å². The zero-order valence-corrected chi connectivity index (χ0v) is 14.4. The molecule has 21 heavy (non-hydrogen) atoms. The minimum absolute atomic E-state index is 0.126. The summed E-state index contributed by atoms with van der Waals surface area (Å²) >= 11 is 3.40. The van der Waals surface area contributed by atoms with Crippen molar-refractivity contribution in [1.82, 2.24) is 0 Å². The van der Waals surface area contributed by atoms with Crippen LogP contribution in [0.2, 0.25) is 0 Å². The molecule has 1 rings (SSSR count). The number of ketones is 1. The molecule has 0 atom stereocenters. The maximum atomic E-state index is 12.1. The van der Waals surface area contributed by atoms with E-state index in [1.807, 2.05) is 32.0 Å². The van der Waals surface area contributed by atoms with Crippen LogP contribution < -0.4 is 0 Å². The van der Waals surface area contributed by atoms with Gasteiger partial charge in [-0.3, -0.25) is 9.59 Å². The normalized spacial score (nSPS) is 10.4. The van der Waals surface area contributed by atoms with Crippen LogP contribution in [0.4, 0.5) is 0 Å². The van der Waals surface area contributed by atoms with E-state index >= 15 is 0 Å². The molecule has 0 heterocycles. The number of carbonyl (C=O) groups is 2. The molecule has 4 heteroatoms. The average Bonchev–Trinajstić information content (AvgIpc) is 2.42. The van der Waals surface area contributed by atoms with Crippen LogP contribution in [0.1, 0.15) is 61.4 Å². The number of unbranched alkanes of at least 4 members (excludes halogenated alkanes) is 3. The summed E-state index contributed by atoms with van der Waals surface area (Å²) in [5, 5.41) is 0. The molecule has 1 aromatic rings. The third kappa shape index (κ3) is 6.89. The molecule has 116 valence electrons. The fourth-order valence-electron chi connectivity index (χ4n) is 2.22. The highest BCUT2D eigenvalue weighted by atomic mass is 79.9. The lowest BCUT2D eigenvalue weighted by atomic mass is 10.00. The van der Waals surface area contributed by atoms with Crippen LogP contribution in [0.25, 0.3) is 0 Å². The molecule has 0 spiro atoms. The minimum atomic E-state index is -0.126. The van der Waals surface area contributed by atoms with Gasteiger partial charge < -0.3 is 4.74 Å². The molecule has 0 aliphatic carbocycles. The summed E-state index contributed by atoms with van der Waals surface area (Å²) in [5.41, 5.74) is 1.82. The topological polar surface area (TPSA) is 43.4 Å². The molecule has 0 radical (unpaired) electrons. The zero-order valence-electron chi connectivity index (χ0n) is 12.8. The van der Waals surface area contributed by atoms with Crippen molar-refractivity contribution < 1.29 is 14.3 Å². The van der Waals surface area contributed by atoms with Crippen LogP contribution >= 0.6 is 15.9 Å². The van der Waals surface area contributed by atoms with Gasteiger partial charge in [0.25, 0.3) is 0 Å². The molecule has 3 nitrogen and oxygen atoms in total. The number of benzene rings is 1. The lowest BCUT2D eigenvalue weighted by Gasteiger charge is -2.06. The van der Waals surface area contributed by atoms with Gasteiger partial charge in [0.05, 0.1) is 6.61 Å². The van der Waals surface area contributed by atoms with Crippen LogP contribution in [0.5, 0.6) is 0 Å². The van der Waals surface area contributed by atoms with Gasteiger partial charge in [-0.15, -0.1) is 0 Å². The first-order valence-corrected chi connectivity index (χ1v) is 8.29. The molecule has 0 N–H and O–H groups in total. The van der Waals surface area contributed by atoms with Gasteiger partial charge in [0, 0.05) is 22.9 Å². The molecule has 1 aromatic carbocycles. The Morgan fingerprint density at radius 2 is 1.76 bits per heavy atom. The molecule has 0 aromatic heterocycles. The highest BCUT2D eigenvalue weighted by molar-refractivity contribution is 9.10. The lowest BCUT2D eigenvalue weighted by molar-refractivity contribution is -0.143. The first kappa shape index (κ1) is 17.9. The van der Waals surface area contributed by atoms with Gasteiger partial charge in [-0.2, -0.15) is 0 Å². The molecule has 0 fully saturated rings. The number of carbonyl (C=O) groups excluding carboxylic acids is 2. The van der Waals surface area contributed by atoms with Gasteiger partial charge in [0.2, 0.25) is 0 Å². The second kappa shape index (κ2) is 9.72.